The molecular formula is C47H78NO15P. The van der Waals surface area contributed by atoms with E-state index in [9.17, 15) is 34.0 Å². The van der Waals surface area contributed by atoms with Crippen molar-refractivity contribution in [1.29, 1.82) is 0 Å². The number of aliphatic hydroxyl groups is 2. The van der Waals surface area contributed by atoms with Gasteiger partial charge in [0, 0.05) is 52.0 Å². The number of ketones is 2. The van der Waals surface area contributed by atoms with Crippen molar-refractivity contribution in [1.82, 2.24) is 4.90 Å². The van der Waals surface area contributed by atoms with Crippen LogP contribution in [0.5, 0.6) is 0 Å². The summed E-state index contributed by atoms with van der Waals surface area (Å²) in [6.07, 6.45) is 2.93. The van der Waals surface area contributed by atoms with E-state index in [1.165, 1.54) is 19.1 Å². The Kier molecular flexibility index (Phi) is 20.8. The molecule has 0 aromatic rings. The van der Waals surface area contributed by atoms with E-state index in [0.717, 1.165) is 5.57 Å². The molecule has 366 valence electrons. The molecule has 2 N–H and O–H groups in total. The lowest BCUT2D eigenvalue weighted by Crippen LogP contribution is -2.64. The molecule has 1 amide bonds. The lowest BCUT2D eigenvalue weighted by Gasteiger charge is -2.47. The highest BCUT2D eigenvalue weighted by Gasteiger charge is 2.56. The quantitative estimate of drug-likeness (QED) is 0.0908. The van der Waals surface area contributed by atoms with Crippen LogP contribution in [0.4, 0.5) is 0 Å². The molecule has 64 heavy (non-hydrogen) atoms. The maximum atomic E-state index is 14.5. The number of esters is 1. The molecule has 4 aliphatic rings. The van der Waals surface area contributed by atoms with Gasteiger partial charge in [-0.1, -0.05) is 45.4 Å². The van der Waals surface area contributed by atoms with E-state index in [-0.39, 0.29) is 56.6 Å². The predicted octanol–water partition coefficient (Wildman–Crippen LogP) is 6.68. The van der Waals surface area contributed by atoms with Crippen molar-refractivity contribution in [3.05, 3.63) is 23.3 Å². The van der Waals surface area contributed by atoms with E-state index in [2.05, 4.69) is 0 Å². The highest BCUT2D eigenvalue weighted by molar-refractivity contribution is 7.48. The van der Waals surface area contributed by atoms with E-state index in [1.807, 2.05) is 32.9 Å². The first-order valence-electron chi connectivity index (χ1n) is 23.5. The Labute approximate surface area is 381 Å². The van der Waals surface area contributed by atoms with E-state index >= 15 is 0 Å². The van der Waals surface area contributed by atoms with Crippen molar-refractivity contribution in [3.8, 4) is 0 Å². The molecule has 0 aromatic carbocycles. The number of Topliss-reactive ketones (excluding diaryl/α,β-unsaturated/α-hetero) is 2. The molecule has 0 spiro atoms. The summed E-state index contributed by atoms with van der Waals surface area (Å²) in [5, 5.41) is 23.9. The molecule has 0 aromatic heterocycles. The molecule has 17 heteroatoms. The second-order valence-corrected chi connectivity index (χ2v) is 20.1. The molecule has 1 aliphatic carbocycles. The summed E-state index contributed by atoms with van der Waals surface area (Å²) < 4.78 is 60.1. The number of nitrogens with zero attached hydrogens (tertiary/aromatic N) is 1. The number of phosphoric acid groups is 1. The first-order chi connectivity index (χ1) is 30.3. The molecule has 4 rings (SSSR count). The molecule has 2 bridgehead atoms. The van der Waals surface area contributed by atoms with Crippen LogP contribution >= 0.6 is 7.82 Å². The zero-order chi connectivity index (χ0) is 47.5. The summed E-state index contributed by atoms with van der Waals surface area (Å²) in [6.45, 7) is 14.9. The Bertz CT molecular complexity index is 1680. The number of rotatable bonds is 12. The highest BCUT2D eigenvalue weighted by Crippen LogP contribution is 2.52. The van der Waals surface area contributed by atoms with Crippen LogP contribution in [0.2, 0.25) is 0 Å². The minimum atomic E-state index is -3.82. The maximum Gasteiger partial charge on any atom is 0.475 e. The van der Waals surface area contributed by atoms with E-state index < -0.39 is 97.8 Å². The van der Waals surface area contributed by atoms with E-state index in [0.29, 0.717) is 56.9 Å². The zero-order valence-electron chi connectivity index (χ0n) is 40.2. The number of fused-ring (bicyclic) bond motifs is 3. The Morgan fingerprint density at radius 2 is 1.53 bits per heavy atom. The lowest BCUT2D eigenvalue weighted by atomic mass is 9.81. The minimum absolute atomic E-state index is 0.0146. The molecule has 16 nitrogen and oxygen atoms in total. The molecule has 3 fully saturated rings. The summed E-state index contributed by atoms with van der Waals surface area (Å²) in [4.78, 5) is 58.3. The number of piperidine rings is 1. The second-order valence-electron chi connectivity index (χ2n) is 18.5. The van der Waals surface area contributed by atoms with Crippen LogP contribution in [0.25, 0.3) is 0 Å². The van der Waals surface area contributed by atoms with E-state index in [1.54, 1.807) is 41.7 Å². The third-order valence-corrected chi connectivity index (χ3v) is 15.4. The van der Waals surface area contributed by atoms with Gasteiger partial charge >= 0.3 is 13.8 Å². The SMILES string of the molecule is CCOP(=O)(OCC)O[C@@H]1CC[C@@H](/C=C(\C)[C@H]2OC(=O)[C@@H]3CCCCN3C(=O)C(=O)[C@]3(O)O[C@H]([C@@H](OC)C[C@@H](C)C/C(C)=C/[C@@H](CC)C(=O)CC(O)[C@H]2C)[C@@H](OC)C[C@H]3C)C[C@H]1OC. The molecule has 1 saturated carbocycles. The summed E-state index contributed by atoms with van der Waals surface area (Å²) >= 11 is 0. The number of hydrogen-bond acceptors (Lipinski definition) is 15. The van der Waals surface area contributed by atoms with Crippen LogP contribution in [0.3, 0.4) is 0 Å². The van der Waals surface area contributed by atoms with Gasteiger partial charge in [-0.15, -0.1) is 0 Å². The molecule has 2 saturated heterocycles. The maximum absolute atomic E-state index is 14.5. The summed E-state index contributed by atoms with van der Waals surface area (Å²) in [6, 6.07) is -1.17. The van der Waals surface area contributed by atoms with Crippen LogP contribution in [-0.2, 0) is 61.0 Å². The monoisotopic (exact) mass is 928 g/mol. The fourth-order valence-electron chi connectivity index (χ4n) is 10.1. The van der Waals surface area contributed by atoms with Crippen LogP contribution in [0.15, 0.2) is 23.3 Å². The average Bonchev–Trinajstić information content (AvgIpc) is 3.26. The van der Waals surface area contributed by atoms with Gasteiger partial charge < -0.3 is 38.8 Å². The Balaban J connectivity index is 1.73. The van der Waals surface area contributed by atoms with Crippen molar-refractivity contribution in [3.63, 3.8) is 0 Å². The Morgan fingerprint density at radius 3 is 2.14 bits per heavy atom. The highest BCUT2D eigenvalue weighted by atomic mass is 31.2. The average molecular weight is 928 g/mol. The summed E-state index contributed by atoms with van der Waals surface area (Å²) in [5.74, 6) is -7.87. The number of phosphoric ester groups is 1. The third kappa shape index (κ3) is 13.4. The number of cyclic esters (lactones) is 1. The van der Waals surface area contributed by atoms with Gasteiger partial charge in [-0.3, -0.25) is 28.0 Å². The number of amides is 1. The van der Waals surface area contributed by atoms with Gasteiger partial charge in [0.1, 0.15) is 24.0 Å². The molecular weight excluding hydrogens is 849 g/mol. The molecule has 1 unspecified atom stereocenters. The van der Waals surface area contributed by atoms with Crippen LogP contribution in [0.1, 0.15) is 126 Å². The number of hydrogen-bond donors (Lipinski definition) is 2. The first kappa shape index (κ1) is 54.2. The fourth-order valence-corrected chi connectivity index (χ4v) is 11.5. The van der Waals surface area contributed by atoms with Crippen LogP contribution in [-0.4, -0.2) is 134 Å². The number of aliphatic hydroxyl groups excluding tert-OH is 1. The topological polar surface area (TPSA) is 203 Å². The van der Waals surface area contributed by atoms with Gasteiger partial charge in [0.05, 0.1) is 43.7 Å². The summed E-state index contributed by atoms with van der Waals surface area (Å²) in [7, 11) is 0.777. The number of ether oxygens (including phenoxy) is 5. The van der Waals surface area contributed by atoms with Crippen LogP contribution < -0.4 is 0 Å². The van der Waals surface area contributed by atoms with Crippen molar-refractivity contribution in [2.75, 3.05) is 41.1 Å². The van der Waals surface area contributed by atoms with Crippen molar-refractivity contribution >= 4 is 31.3 Å². The number of carbonyl (C=O) groups excluding carboxylic acids is 4. The molecule has 0 radical (unpaired) electrons. The standard InChI is InChI=1S/C47H78NO15P/c1-12-34-22-28(4)21-29(5)23-40(57-10)43-41(58-11)25-31(7)47(54,62-43)44(51)45(52)48-20-16-15-17-35(48)46(53)61-42(32(8)36(49)27-37(34)50)30(6)24-33-18-19-38(39(26-33)56-9)63-64(55,59-13-2)60-14-3/h22,24,29,31-36,38-43,49,54H,12-21,23,25-27H2,1-11H3/b28-22+,30-24+/t29-,31+,32+,33-,34+,35-,36?,38+,39+,40-,41-,42+,43+,47+/m0/s1. The third-order valence-electron chi connectivity index (χ3n) is 13.7. The molecule has 3 aliphatic heterocycles. The Morgan fingerprint density at radius 1 is 0.891 bits per heavy atom. The lowest BCUT2D eigenvalue weighted by molar-refractivity contribution is -0.302. The van der Waals surface area contributed by atoms with Gasteiger partial charge in [0.25, 0.3) is 11.7 Å². The largest absolute Gasteiger partial charge is 0.475 e. The van der Waals surface area contributed by atoms with Gasteiger partial charge in [0.2, 0.25) is 5.79 Å². The van der Waals surface area contributed by atoms with Crippen molar-refractivity contribution in [2.45, 2.75) is 181 Å². The van der Waals surface area contributed by atoms with Crippen LogP contribution in [0, 0.1) is 29.6 Å². The smallest absolute Gasteiger partial charge is 0.456 e. The van der Waals surface area contributed by atoms with Gasteiger partial charge in [0.15, 0.2) is 0 Å². The van der Waals surface area contributed by atoms with Gasteiger partial charge in [-0.25, -0.2) is 9.36 Å². The zero-order valence-corrected chi connectivity index (χ0v) is 41.1. The second kappa shape index (κ2) is 24.6. The Hall–Kier alpha value is -2.37. The normalized spacial score (nSPS) is 38.1. The predicted molar refractivity (Wildman–Crippen MR) is 238 cm³/mol. The molecule has 3 heterocycles. The van der Waals surface area contributed by atoms with E-state index in [4.69, 9.17) is 37.3 Å². The minimum Gasteiger partial charge on any atom is -0.456 e. The fraction of sp³-hybridized carbons (Fsp3) is 0.830. The summed E-state index contributed by atoms with van der Waals surface area (Å²) in [5.41, 5.74) is 1.59. The van der Waals surface area contributed by atoms with Crippen molar-refractivity contribution in [2.24, 2.45) is 29.6 Å². The number of methoxy groups -OCH3 is 3. The number of allylic oxidation sites excluding steroid dienone is 3. The van der Waals surface area contributed by atoms with Crippen molar-refractivity contribution < 1.29 is 71.2 Å². The van der Waals surface area contributed by atoms with Gasteiger partial charge in [-0.05, 0) is 109 Å². The molecule has 14 atom stereocenters. The number of carbonyl (C=O) groups is 4. The first-order valence-corrected chi connectivity index (χ1v) is 24.9. The van der Waals surface area contributed by atoms with Gasteiger partial charge in [-0.2, -0.15) is 0 Å².